The molecule has 1 atom stereocenters. The van der Waals surface area contributed by atoms with Crippen molar-refractivity contribution in [1.29, 1.82) is 0 Å². The Hall–Kier alpha value is -0.860. The number of unbranched alkanes of at least 4 members (excludes halogenated alkanes) is 1. The van der Waals surface area contributed by atoms with E-state index in [2.05, 4.69) is 41.4 Å². The molecule has 6 heteroatoms. The first-order chi connectivity index (χ1) is 11.7. The minimum absolute atomic E-state index is 0. The first kappa shape index (κ1) is 24.1. The van der Waals surface area contributed by atoms with E-state index in [0.29, 0.717) is 13.0 Å². The van der Waals surface area contributed by atoms with Gasteiger partial charge in [0.2, 0.25) is 0 Å². The largest absolute Gasteiger partial charge is 0.388 e. The van der Waals surface area contributed by atoms with Gasteiger partial charge in [-0.3, -0.25) is 4.99 Å². The summed E-state index contributed by atoms with van der Waals surface area (Å²) >= 11 is 0. The lowest BCUT2D eigenvalue weighted by atomic mass is 10.1. The number of hydrogen-bond acceptors (Lipinski definition) is 3. The predicted molar refractivity (Wildman–Crippen MR) is 118 cm³/mol. The Morgan fingerprint density at radius 1 is 1.16 bits per heavy atom. The van der Waals surface area contributed by atoms with Crippen molar-refractivity contribution in [3.8, 4) is 0 Å². The van der Waals surface area contributed by atoms with E-state index in [4.69, 9.17) is 0 Å². The van der Waals surface area contributed by atoms with Gasteiger partial charge in [-0.05, 0) is 38.9 Å². The van der Waals surface area contributed by atoms with Crippen LogP contribution in [0.15, 0.2) is 35.3 Å². The molecule has 1 rings (SSSR count). The highest BCUT2D eigenvalue weighted by Crippen LogP contribution is 2.15. The van der Waals surface area contributed by atoms with Crippen LogP contribution in [0.3, 0.4) is 0 Å². The third kappa shape index (κ3) is 11.4. The second-order valence-electron chi connectivity index (χ2n) is 6.06. The molecule has 0 saturated heterocycles. The van der Waals surface area contributed by atoms with Crippen LogP contribution in [0.25, 0.3) is 0 Å². The van der Waals surface area contributed by atoms with Gasteiger partial charge in [0.05, 0.1) is 6.10 Å². The summed E-state index contributed by atoms with van der Waals surface area (Å²) in [6.07, 6.45) is 2.63. The second kappa shape index (κ2) is 15.4. The van der Waals surface area contributed by atoms with Gasteiger partial charge in [-0.2, -0.15) is 0 Å². The minimum atomic E-state index is -0.460. The molecule has 0 amide bonds. The smallest absolute Gasteiger partial charge is 0.191 e. The number of aliphatic imine (C=N–C) groups is 1. The average Bonchev–Trinajstić information content (AvgIpc) is 2.60. The highest BCUT2D eigenvalue weighted by Gasteiger charge is 2.06. The quantitative estimate of drug-likeness (QED) is 0.269. The predicted octanol–water partition coefficient (Wildman–Crippen LogP) is 3.02. The normalized spacial score (nSPS) is 12.6. The van der Waals surface area contributed by atoms with Crippen molar-refractivity contribution in [2.75, 3.05) is 39.8 Å². The molecular formula is C19H35IN4O. The third-order valence-corrected chi connectivity index (χ3v) is 3.88. The first-order valence-electron chi connectivity index (χ1n) is 9.11. The number of rotatable bonds is 11. The molecule has 0 fully saturated rings. The molecule has 0 heterocycles. The molecule has 0 aliphatic carbocycles. The SMILES string of the molecule is CCCCN(C)CCNC(=NCCC(O)c1ccccc1)NCC.I. The number of hydrogen-bond donors (Lipinski definition) is 3. The van der Waals surface area contributed by atoms with Crippen LogP contribution in [-0.2, 0) is 0 Å². The Morgan fingerprint density at radius 2 is 1.88 bits per heavy atom. The summed E-state index contributed by atoms with van der Waals surface area (Å²) in [5.74, 6) is 0.821. The van der Waals surface area contributed by atoms with E-state index in [-0.39, 0.29) is 24.0 Å². The molecule has 1 aromatic rings. The van der Waals surface area contributed by atoms with E-state index in [1.165, 1.54) is 12.8 Å². The number of aliphatic hydroxyl groups excluding tert-OH is 1. The van der Waals surface area contributed by atoms with Gasteiger partial charge in [-0.25, -0.2) is 0 Å². The molecule has 0 saturated carbocycles. The van der Waals surface area contributed by atoms with E-state index in [1.54, 1.807) is 0 Å². The summed E-state index contributed by atoms with van der Waals surface area (Å²) in [7, 11) is 2.15. The molecule has 144 valence electrons. The van der Waals surface area contributed by atoms with Gasteiger partial charge in [0.15, 0.2) is 5.96 Å². The Kier molecular flexibility index (Phi) is 14.9. The average molecular weight is 462 g/mol. The van der Waals surface area contributed by atoms with Crippen LogP contribution >= 0.6 is 24.0 Å². The fraction of sp³-hybridized carbons (Fsp3) is 0.632. The van der Waals surface area contributed by atoms with Crippen molar-refractivity contribution in [2.45, 2.75) is 39.2 Å². The molecule has 0 radical (unpaired) electrons. The van der Waals surface area contributed by atoms with Crippen molar-refractivity contribution >= 4 is 29.9 Å². The molecule has 1 unspecified atom stereocenters. The van der Waals surface area contributed by atoms with Crippen LogP contribution in [0.4, 0.5) is 0 Å². The van der Waals surface area contributed by atoms with Crippen molar-refractivity contribution in [3.05, 3.63) is 35.9 Å². The van der Waals surface area contributed by atoms with Crippen LogP contribution in [0, 0.1) is 0 Å². The molecule has 0 bridgehead atoms. The zero-order valence-electron chi connectivity index (χ0n) is 15.9. The second-order valence-corrected chi connectivity index (χ2v) is 6.06. The highest BCUT2D eigenvalue weighted by atomic mass is 127. The number of nitrogens with zero attached hydrogens (tertiary/aromatic N) is 2. The Balaban J connectivity index is 0.00000576. The standard InChI is InChI=1S/C19H34N4O.HI/c1-4-6-15-23(3)16-14-22-19(20-5-2)21-13-12-18(24)17-10-8-7-9-11-17;/h7-11,18,24H,4-6,12-16H2,1-3H3,(H2,20,21,22);1H. The lowest BCUT2D eigenvalue weighted by molar-refractivity contribution is 0.170. The fourth-order valence-corrected chi connectivity index (χ4v) is 2.39. The van der Waals surface area contributed by atoms with Gasteiger partial charge in [0, 0.05) is 26.2 Å². The van der Waals surface area contributed by atoms with Crippen molar-refractivity contribution in [1.82, 2.24) is 15.5 Å². The van der Waals surface area contributed by atoms with Crippen LogP contribution < -0.4 is 10.6 Å². The third-order valence-electron chi connectivity index (χ3n) is 3.88. The Bertz CT molecular complexity index is 456. The summed E-state index contributed by atoms with van der Waals surface area (Å²) in [5.41, 5.74) is 0.947. The van der Waals surface area contributed by atoms with Gasteiger partial charge in [-0.15, -0.1) is 24.0 Å². The Morgan fingerprint density at radius 3 is 2.52 bits per heavy atom. The number of benzene rings is 1. The molecular weight excluding hydrogens is 427 g/mol. The number of aliphatic hydroxyl groups is 1. The fourth-order valence-electron chi connectivity index (χ4n) is 2.39. The summed E-state index contributed by atoms with van der Waals surface area (Å²) in [5, 5.41) is 16.8. The van der Waals surface area contributed by atoms with Crippen LogP contribution in [0.1, 0.15) is 44.8 Å². The topological polar surface area (TPSA) is 59.9 Å². The van der Waals surface area contributed by atoms with Gasteiger partial charge < -0.3 is 20.6 Å². The minimum Gasteiger partial charge on any atom is -0.388 e. The maximum Gasteiger partial charge on any atom is 0.191 e. The molecule has 3 N–H and O–H groups in total. The summed E-state index contributed by atoms with van der Waals surface area (Å²) in [4.78, 5) is 6.89. The Labute approximate surface area is 170 Å². The van der Waals surface area contributed by atoms with Crippen molar-refractivity contribution < 1.29 is 5.11 Å². The zero-order chi connectivity index (χ0) is 17.6. The lowest BCUT2D eigenvalue weighted by Crippen LogP contribution is -2.41. The molecule has 0 aliphatic heterocycles. The van der Waals surface area contributed by atoms with E-state index in [9.17, 15) is 5.11 Å². The van der Waals surface area contributed by atoms with Crippen LogP contribution in [0.2, 0.25) is 0 Å². The molecule has 0 aliphatic rings. The van der Waals surface area contributed by atoms with Crippen molar-refractivity contribution in [2.24, 2.45) is 4.99 Å². The number of guanidine groups is 1. The number of likely N-dealkylation sites (N-methyl/N-ethyl adjacent to an activating group) is 1. The maximum atomic E-state index is 10.2. The van der Waals surface area contributed by atoms with Gasteiger partial charge in [0.1, 0.15) is 0 Å². The number of halogens is 1. The van der Waals surface area contributed by atoms with E-state index in [0.717, 1.165) is 37.7 Å². The first-order valence-corrected chi connectivity index (χ1v) is 9.11. The molecule has 0 spiro atoms. The van der Waals surface area contributed by atoms with Gasteiger partial charge >= 0.3 is 0 Å². The van der Waals surface area contributed by atoms with E-state index >= 15 is 0 Å². The summed E-state index contributed by atoms with van der Waals surface area (Å²) < 4.78 is 0. The zero-order valence-corrected chi connectivity index (χ0v) is 18.2. The molecule has 0 aromatic heterocycles. The van der Waals surface area contributed by atoms with E-state index in [1.807, 2.05) is 30.3 Å². The summed E-state index contributed by atoms with van der Waals surface area (Å²) in [6.45, 7) is 8.70. The van der Waals surface area contributed by atoms with Gasteiger partial charge in [0.25, 0.3) is 0 Å². The van der Waals surface area contributed by atoms with Gasteiger partial charge in [-0.1, -0.05) is 43.7 Å². The van der Waals surface area contributed by atoms with Crippen LogP contribution in [0.5, 0.6) is 0 Å². The molecule has 1 aromatic carbocycles. The van der Waals surface area contributed by atoms with Crippen molar-refractivity contribution in [3.63, 3.8) is 0 Å². The van der Waals surface area contributed by atoms with E-state index < -0.39 is 6.10 Å². The number of nitrogens with one attached hydrogen (secondary N) is 2. The molecule has 5 nitrogen and oxygen atoms in total. The maximum absolute atomic E-state index is 10.2. The van der Waals surface area contributed by atoms with Crippen LogP contribution in [-0.4, -0.2) is 55.7 Å². The summed E-state index contributed by atoms with van der Waals surface area (Å²) in [6, 6.07) is 9.75. The molecule has 25 heavy (non-hydrogen) atoms. The monoisotopic (exact) mass is 462 g/mol. The highest BCUT2D eigenvalue weighted by molar-refractivity contribution is 14.0. The lowest BCUT2D eigenvalue weighted by Gasteiger charge is -2.18.